The molecule has 1 N–H and O–H groups in total. The van der Waals surface area contributed by atoms with Crippen LogP contribution in [0, 0.1) is 0 Å². The number of rotatable bonds is 2. The Bertz CT molecular complexity index is 661. The Morgan fingerprint density at radius 2 is 2.00 bits per heavy atom. The number of aromatic hydroxyl groups is 1. The molecule has 0 radical (unpaired) electrons. The standard InChI is InChI=1S/C17H16O4/c1-20-17(19)13-5-9-16-12(10-13)4-8-15(21-16)11-2-6-14(18)7-3-11/h2-3,5-7,9-10,15,18H,4,8H2,1H3. The minimum Gasteiger partial charge on any atom is -0.508 e. The van der Waals surface area contributed by atoms with Crippen LogP contribution in [0.5, 0.6) is 11.5 Å². The zero-order valence-electron chi connectivity index (χ0n) is 11.7. The molecule has 1 heterocycles. The summed E-state index contributed by atoms with van der Waals surface area (Å²) in [6.45, 7) is 0. The van der Waals surface area contributed by atoms with Gasteiger partial charge in [-0.25, -0.2) is 4.79 Å². The summed E-state index contributed by atoms with van der Waals surface area (Å²) in [5, 5.41) is 9.33. The highest BCUT2D eigenvalue weighted by Gasteiger charge is 2.22. The molecule has 1 atom stereocenters. The zero-order valence-corrected chi connectivity index (χ0v) is 11.7. The van der Waals surface area contributed by atoms with Gasteiger partial charge in [0.25, 0.3) is 0 Å². The van der Waals surface area contributed by atoms with Crippen LogP contribution in [-0.4, -0.2) is 18.2 Å². The van der Waals surface area contributed by atoms with Crippen LogP contribution >= 0.6 is 0 Å². The Balaban J connectivity index is 1.83. The monoisotopic (exact) mass is 284 g/mol. The first-order valence-corrected chi connectivity index (χ1v) is 6.84. The van der Waals surface area contributed by atoms with Gasteiger partial charge in [-0.15, -0.1) is 0 Å². The van der Waals surface area contributed by atoms with Gasteiger partial charge in [0.05, 0.1) is 12.7 Å². The lowest BCUT2D eigenvalue weighted by Gasteiger charge is -2.26. The van der Waals surface area contributed by atoms with Crippen molar-refractivity contribution in [2.45, 2.75) is 18.9 Å². The molecular weight excluding hydrogens is 268 g/mol. The van der Waals surface area contributed by atoms with Gasteiger partial charge >= 0.3 is 5.97 Å². The SMILES string of the molecule is COC(=O)c1ccc2c(c1)CCC(c1ccc(O)cc1)O2. The molecule has 1 unspecified atom stereocenters. The molecular formula is C17H16O4. The first-order valence-electron chi connectivity index (χ1n) is 6.84. The Kier molecular flexibility index (Phi) is 3.52. The largest absolute Gasteiger partial charge is 0.508 e. The van der Waals surface area contributed by atoms with E-state index in [2.05, 4.69) is 0 Å². The third kappa shape index (κ3) is 2.70. The molecule has 3 rings (SSSR count). The number of phenols is 1. The second kappa shape index (κ2) is 5.48. The zero-order chi connectivity index (χ0) is 14.8. The molecule has 0 bridgehead atoms. The van der Waals surface area contributed by atoms with Crippen molar-refractivity contribution in [3.63, 3.8) is 0 Å². The van der Waals surface area contributed by atoms with Gasteiger partial charge < -0.3 is 14.6 Å². The predicted molar refractivity (Wildman–Crippen MR) is 77.6 cm³/mol. The normalized spacial score (nSPS) is 16.7. The fourth-order valence-corrected chi connectivity index (χ4v) is 2.56. The van der Waals surface area contributed by atoms with Crippen LogP contribution < -0.4 is 4.74 Å². The average Bonchev–Trinajstić information content (AvgIpc) is 2.54. The molecule has 1 aliphatic rings. The highest BCUT2D eigenvalue weighted by Crippen LogP contribution is 2.35. The van der Waals surface area contributed by atoms with Crippen LogP contribution in [0.3, 0.4) is 0 Å². The molecule has 0 saturated carbocycles. The van der Waals surface area contributed by atoms with Crippen LogP contribution in [0.25, 0.3) is 0 Å². The molecule has 108 valence electrons. The van der Waals surface area contributed by atoms with Crippen molar-refractivity contribution in [3.05, 3.63) is 59.2 Å². The van der Waals surface area contributed by atoms with Crippen LogP contribution in [0.1, 0.15) is 34.0 Å². The molecule has 2 aromatic rings. The number of aryl methyl sites for hydroxylation is 1. The quantitative estimate of drug-likeness (QED) is 0.860. The van der Waals surface area contributed by atoms with Crippen molar-refractivity contribution in [1.82, 2.24) is 0 Å². The fraction of sp³-hybridized carbons (Fsp3) is 0.235. The van der Waals surface area contributed by atoms with Gasteiger partial charge in [-0.05, 0) is 54.3 Å². The summed E-state index contributed by atoms with van der Waals surface area (Å²) in [5.74, 6) is 0.711. The van der Waals surface area contributed by atoms with Crippen LogP contribution in [-0.2, 0) is 11.2 Å². The molecule has 4 heteroatoms. The van der Waals surface area contributed by atoms with Gasteiger partial charge in [0.2, 0.25) is 0 Å². The van der Waals surface area contributed by atoms with E-state index < -0.39 is 0 Å². The van der Waals surface area contributed by atoms with E-state index in [-0.39, 0.29) is 17.8 Å². The van der Waals surface area contributed by atoms with Crippen LogP contribution in [0.15, 0.2) is 42.5 Å². The van der Waals surface area contributed by atoms with Crippen molar-refractivity contribution in [1.29, 1.82) is 0 Å². The van der Waals surface area contributed by atoms with E-state index in [4.69, 9.17) is 9.47 Å². The van der Waals surface area contributed by atoms with Gasteiger partial charge in [-0.2, -0.15) is 0 Å². The van der Waals surface area contributed by atoms with Crippen molar-refractivity contribution in [2.75, 3.05) is 7.11 Å². The molecule has 0 aromatic heterocycles. The van der Waals surface area contributed by atoms with E-state index in [1.165, 1.54) is 7.11 Å². The van der Waals surface area contributed by atoms with Gasteiger partial charge in [0.1, 0.15) is 17.6 Å². The van der Waals surface area contributed by atoms with Crippen molar-refractivity contribution < 1.29 is 19.4 Å². The summed E-state index contributed by atoms with van der Waals surface area (Å²) in [5.41, 5.74) is 2.60. The maximum atomic E-state index is 11.5. The lowest BCUT2D eigenvalue weighted by molar-refractivity contribution is 0.0600. The highest BCUT2D eigenvalue weighted by atomic mass is 16.5. The van der Waals surface area contributed by atoms with E-state index in [0.29, 0.717) is 5.56 Å². The number of fused-ring (bicyclic) bond motifs is 1. The minimum atomic E-state index is -0.335. The number of carbonyl (C=O) groups is 1. The van der Waals surface area contributed by atoms with Crippen molar-refractivity contribution >= 4 is 5.97 Å². The van der Waals surface area contributed by atoms with E-state index in [0.717, 1.165) is 29.7 Å². The van der Waals surface area contributed by atoms with E-state index in [1.54, 1.807) is 18.2 Å². The molecule has 0 aliphatic carbocycles. The smallest absolute Gasteiger partial charge is 0.337 e. The van der Waals surface area contributed by atoms with Crippen molar-refractivity contribution in [2.24, 2.45) is 0 Å². The predicted octanol–water partition coefficient (Wildman–Crippen LogP) is 3.25. The molecule has 2 aromatic carbocycles. The number of methoxy groups -OCH3 is 1. The average molecular weight is 284 g/mol. The number of hydrogen-bond acceptors (Lipinski definition) is 4. The lowest BCUT2D eigenvalue weighted by Crippen LogP contribution is -2.15. The summed E-state index contributed by atoms with van der Waals surface area (Å²) in [4.78, 5) is 11.5. The van der Waals surface area contributed by atoms with Crippen molar-refractivity contribution in [3.8, 4) is 11.5 Å². The van der Waals surface area contributed by atoms with Crippen LogP contribution in [0.4, 0.5) is 0 Å². The van der Waals surface area contributed by atoms with Crippen LogP contribution in [0.2, 0.25) is 0 Å². The molecule has 1 aliphatic heterocycles. The summed E-state index contributed by atoms with van der Waals surface area (Å²) >= 11 is 0. The first kappa shape index (κ1) is 13.5. The van der Waals surface area contributed by atoms with E-state index >= 15 is 0 Å². The van der Waals surface area contributed by atoms with Gasteiger partial charge in [0.15, 0.2) is 0 Å². The number of phenolic OH excluding ortho intramolecular Hbond substituents is 1. The minimum absolute atomic E-state index is 0.0259. The van der Waals surface area contributed by atoms with Gasteiger partial charge in [-0.1, -0.05) is 12.1 Å². The number of benzene rings is 2. The highest BCUT2D eigenvalue weighted by molar-refractivity contribution is 5.89. The molecule has 4 nitrogen and oxygen atoms in total. The maximum absolute atomic E-state index is 11.5. The first-order chi connectivity index (χ1) is 10.2. The van der Waals surface area contributed by atoms with Gasteiger partial charge in [-0.3, -0.25) is 0 Å². The maximum Gasteiger partial charge on any atom is 0.337 e. The molecule has 0 saturated heterocycles. The van der Waals surface area contributed by atoms with Gasteiger partial charge in [0, 0.05) is 0 Å². The molecule has 21 heavy (non-hydrogen) atoms. The molecule has 0 amide bonds. The number of hydrogen-bond donors (Lipinski definition) is 1. The Labute approximate surface area is 122 Å². The summed E-state index contributed by atoms with van der Waals surface area (Å²) in [7, 11) is 1.37. The van der Waals surface area contributed by atoms with E-state index in [1.807, 2.05) is 24.3 Å². The second-order valence-corrected chi connectivity index (χ2v) is 5.05. The summed E-state index contributed by atoms with van der Waals surface area (Å²) in [6.07, 6.45) is 1.65. The lowest BCUT2D eigenvalue weighted by atomic mass is 9.96. The fourth-order valence-electron chi connectivity index (χ4n) is 2.56. The second-order valence-electron chi connectivity index (χ2n) is 5.05. The Morgan fingerprint density at radius 1 is 1.24 bits per heavy atom. The Morgan fingerprint density at radius 3 is 2.71 bits per heavy atom. The topological polar surface area (TPSA) is 55.8 Å². The summed E-state index contributed by atoms with van der Waals surface area (Å²) in [6, 6.07) is 12.4. The van der Waals surface area contributed by atoms with E-state index in [9.17, 15) is 9.90 Å². The molecule has 0 fully saturated rings. The molecule has 0 spiro atoms. The number of carbonyl (C=O) groups excluding carboxylic acids is 1. The Hall–Kier alpha value is -2.49. The summed E-state index contributed by atoms with van der Waals surface area (Å²) < 4.78 is 10.7. The number of ether oxygens (including phenoxy) is 2. The number of esters is 1. The third-order valence-electron chi connectivity index (χ3n) is 3.69. The third-order valence-corrected chi connectivity index (χ3v) is 3.69.